The van der Waals surface area contributed by atoms with Gasteiger partial charge in [-0.15, -0.1) is 0 Å². The standard InChI is InChI=1S/C18H23N5O2/c1-13-9-15(19)10-23(13)18(25)17(24)21-16(11-22-8-7-20-12-22)14-5-3-2-4-6-14/h2-8,12-13,15-16H,9-11,19H2,1H3,(H,21,24). The SMILES string of the molecule is CC1CC(N)CN1C(=O)C(=O)NC(Cn1ccnc1)c1ccccc1. The lowest BCUT2D eigenvalue weighted by atomic mass is 10.1. The Morgan fingerprint density at radius 3 is 2.72 bits per heavy atom. The van der Waals surface area contributed by atoms with E-state index in [1.165, 1.54) is 0 Å². The topological polar surface area (TPSA) is 93.2 Å². The van der Waals surface area contributed by atoms with Crippen LogP contribution in [0.15, 0.2) is 49.1 Å². The largest absolute Gasteiger partial charge is 0.339 e. The van der Waals surface area contributed by atoms with Gasteiger partial charge < -0.3 is 20.5 Å². The van der Waals surface area contributed by atoms with Crippen LogP contribution in [0.1, 0.15) is 24.9 Å². The molecule has 3 atom stereocenters. The molecule has 3 rings (SSSR count). The summed E-state index contributed by atoms with van der Waals surface area (Å²) in [6, 6.07) is 9.19. The van der Waals surface area contributed by atoms with E-state index in [9.17, 15) is 9.59 Å². The van der Waals surface area contributed by atoms with Gasteiger partial charge in [0.15, 0.2) is 0 Å². The Balaban J connectivity index is 1.73. The summed E-state index contributed by atoms with van der Waals surface area (Å²) in [5.74, 6) is -1.12. The molecule has 2 heterocycles. The molecule has 7 heteroatoms. The lowest BCUT2D eigenvalue weighted by Crippen LogP contribution is -2.46. The molecule has 1 aromatic heterocycles. The van der Waals surface area contributed by atoms with Crippen LogP contribution in [-0.4, -0.2) is 44.9 Å². The Kier molecular flexibility index (Phi) is 5.14. The molecular formula is C18H23N5O2. The summed E-state index contributed by atoms with van der Waals surface area (Å²) < 4.78 is 1.87. The highest BCUT2D eigenvalue weighted by atomic mass is 16.2. The number of hydrogen-bond donors (Lipinski definition) is 2. The highest BCUT2D eigenvalue weighted by Gasteiger charge is 2.34. The van der Waals surface area contributed by atoms with Gasteiger partial charge in [-0.25, -0.2) is 4.98 Å². The van der Waals surface area contributed by atoms with Gasteiger partial charge in [-0.3, -0.25) is 9.59 Å². The van der Waals surface area contributed by atoms with Crippen molar-refractivity contribution in [3.05, 3.63) is 54.6 Å². The van der Waals surface area contributed by atoms with Crippen molar-refractivity contribution in [2.24, 2.45) is 5.73 Å². The van der Waals surface area contributed by atoms with E-state index in [1.54, 1.807) is 17.4 Å². The molecule has 2 aromatic rings. The van der Waals surface area contributed by atoms with Crippen LogP contribution in [0.3, 0.4) is 0 Å². The highest BCUT2D eigenvalue weighted by Crippen LogP contribution is 2.18. The van der Waals surface area contributed by atoms with E-state index >= 15 is 0 Å². The van der Waals surface area contributed by atoms with Gasteiger partial charge in [0, 0.05) is 37.6 Å². The minimum absolute atomic E-state index is 0.0166. The molecule has 1 aliphatic heterocycles. The van der Waals surface area contributed by atoms with Crippen molar-refractivity contribution in [2.75, 3.05) is 6.54 Å². The van der Waals surface area contributed by atoms with Gasteiger partial charge in [-0.2, -0.15) is 0 Å². The number of benzene rings is 1. The lowest BCUT2D eigenvalue weighted by molar-refractivity contribution is -0.146. The third-order valence-corrected chi connectivity index (χ3v) is 4.52. The maximum atomic E-state index is 12.5. The minimum atomic E-state index is -0.602. The molecule has 1 aliphatic rings. The van der Waals surface area contributed by atoms with E-state index in [1.807, 2.05) is 48.0 Å². The summed E-state index contributed by atoms with van der Waals surface area (Å²) in [6.07, 6.45) is 5.91. The summed E-state index contributed by atoms with van der Waals surface area (Å²) in [5.41, 5.74) is 6.83. The van der Waals surface area contributed by atoms with Gasteiger partial charge in [0.25, 0.3) is 0 Å². The van der Waals surface area contributed by atoms with Crippen LogP contribution in [0.25, 0.3) is 0 Å². The van der Waals surface area contributed by atoms with Crippen molar-refractivity contribution < 1.29 is 9.59 Å². The number of aromatic nitrogens is 2. The number of amides is 2. The van der Waals surface area contributed by atoms with E-state index in [0.29, 0.717) is 13.1 Å². The molecule has 7 nitrogen and oxygen atoms in total. The predicted octanol–water partition coefficient (Wildman–Crippen LogP) is 0.689. The summed E-state index contributed by atoms with van der Waals surface area (Å²) in [6.45, 7) is 2.83. The van der Waals surface area contributed by atoms with Gasteiger partial charge in [0.2, 0.25) is 0 Å². The molecule has 25 heavy (non-hydrogen) atoms. The molecule has 1 saturated heterocycles. The fourth-order valence-corrected chi connectivity index (χ4v) is 3.23. The maximum absolute atomic E-state index is 12.5. The van der Waals surface area contributed by atoms with Gasteiger partial charge in [-0.1, -0.05) is 30.3 Å². The maximum Gasteiger partial charge on any atom is 0.312 e. The van der Waals surface area contributed by atoms with Gasteiger partial charge >= 0.3 is 11.8 Å². The molecule has 0 bridgehead atoms. The first-order valence-corrected chi connectivity index (χ1v) is 8.42. The third kappa shape index (κ3) is 4.06. The Morgan fingerprint density at radius 2 is 2.12 bits per heavy atom. The summed E-state index contributed by atoms with van der Waals surface area (Å²) in [4.78, 5) is 30.6. The predicted molar refractivity (Wildman–Crippen MR) is 93.3 cm³/mol. The number of nitrogens with zero attached hydrogens (tertiary/aromatic N) is 3. The second kappa shape index (κ2) is 7.48. The van der Waals surface area contributed by atoms with Crippen molar-refractivity contribution in [1.29, 1.82) is 0 Å². The van der Waals surface area contributed by atoms with E-state index < -0.39 is 11.8 Å². The number of nitrogens with one attached hydrogen (secondary N) is 1. The molecule has 1 fully saturated rings. The average molecular weight is 341 g/mol. The molecule has 0 aliphatic carbocycles. The third-order valence-electron chi connectivity index (χ3n) is 4.52. The number of carbonyl (C=O) groups excluding carboxylic acids is 2. The molecular weight excluding hydrogens is 318 g/mol. The molecule has 3 N–H and O–H groups in total. The molecule has 0 radical (unpaired) electrons. The Morgan fingerprint density at radius 1 is 1.36 bits per heavy atom. The average Bonchev–Trinajstić information content (AvgIpc) is 3.23. The number of imidazole rings is 1. The van der Waals surface area contributed by atoms with Gasteiger partial charge in [-0.05, 0) is 18.9 Å². The molecule has 0 saturated carbocycles. The first kappa shape index (κ1) is 17.2. The van der Waals surface area contributed by atoms with Crippen molar-refractivity contribution in [2.45, 2.75) is 38.0 Å². The van der Waals surface area contributed by atoms with Crippen LogP contribution in [0.2, 0.25) is 0 Å². The zero-order chi connectivity index (χ0) is 17.8. The van der Waals surface area contributed by atoms with Crippen LogP contribution < -0.4 is 11.1 Å². The molecule has 0 spiro atoms. The van der Waals surface area contributed by atoms with E-state index in [2.05, 4.69) is 10.3 Å². The van der Waals surface area contributed by atoms with Crippen molar-refractivity contribution >= 4 is 11.8 Å². The van der Waals surface area contributed by atoms with E-state index in [-0.39, 0.29) is 18.1 Å². The fourth-order valence-electron chi connectivity index (χ4n) is 3.23. The van der Waals surface area contributed by atoms with Crippen LogP contribution in [0.5, 0.6) is 0 Å². The van der Waals surface area contributed by atoms with Crippen LogP contribution in [-0.2, 0) is 16.1 Å². The number of hydrogen-bond acceptors (Lipinski definition) is 4. The number of likely N-dealkylation sites (tertiary alicyclic amines) is 1. The zero-order valence-corrected chi connectivity index (χ0v) is 14.2. The highest BCUT2D eigenvalue weighted by molar-refractivity contribution is 6.35. The number of rotatable bonds is 4. The van der Waals surface area contributed by atoms with Crippen molar-refractivity contribution in [3.63, 3.8) is 0 Å². The second-order valence-electron chi connectivity index (χ2n) is 6.50. The number of nitrogens with two attached hydrogens (primary N) is 1. The Bertz CT molecular complexity index is 716. The molecule has 3 unspecified atom stereocenters. The van der Waals surface area contributed by atoms with E-state index in [0.717, 1.165) is 12.0 Å². The minimum Gasteiger partial charge on any atom is -0.339 e. The second-order valence-corrected chi connectivity index (χ2v) is 6.50. The van der Waals surface area contributed by atoms with Gasteiger partial charge in [0.1, 0.15) is 0 Å². The molecule has 2 amide bonds. The van der Waals surface area contributed by atoms with Crippen LogP contribution in [0.4, 0.5) is 0 Å². The summed E-state index contributed by atoms with van der Waals surface area (Å²) in [5, 5.41) is 2.86. The number of carbonyl (C=O) groups is 2. The monoisotopic (exact) mass is 341 g/mol. The van der Waals surface area contributed by atoms with Crippen LogP contribution in [0, 0.1) is 0 Å². The Labute approximate surface area is 146 Å². The van der Waals surface area contributed by atoms with Crippen molar-refractivity contribution in [3.8, 4) is 0 Å². The lowest BCUT2D eigenvalue weighted by Gasteiger charge is -2.24. The normalized spacial score (nSPS) is 21.1. The molecule has 1 aromatic carbocycles. The van der Waals surface area contributed by atoms with Crippen LogP contribution >= 0.6 is 0 Å². The van der Waals surface area contributed by atoms with E-state index in [4.69, 9.17) is 5.73 Å². The zero-order valence-electron chi connectivity index (χ0n) is 14.2. The Hall–Kier alpha value is -2.67. The first-order chi connectivity index (χ1) is 12.0. The summed E-state index contributed by atoms with van der Waals surface area (Å²) in [7, 11) is 0. The molecule has 132 valence electrons. The van der Waals surface area contributed by atoms with Crippen molar-refractivity contribution in [1.82, 2.24) is 19.8 Å². The summed E-state index contributed by atoms with van der Waals surface area (Å²) >= 11 is 0. The van der Waals surface area contributed by atoms with Gasteiger partial charge in [0.05, 0.1) is 12.4 Å². The first-order valence-electron chi connectivity index (χ1n) is 8.42. The smallest absolute Gasteiger partial charge is 0.312 e. The fraction of sp³-hybridized carbons (Fsp3) is 0.389. The quantitative estimate of drug-likeness (QED) is 0.800.